The van der Waals surface area contributed by atoms with E-state index in [0.29, 0.717) is 46.2 Å². The van der Waals surface area contributed by atoms with Gasteiger partial charge in [-0.25, -0.2) is 11.1 Å². The summed E-state index contributed by atoms with van der Waals surface area (Å²) in [6, 6.07) is 20.6. The largest absolute Gasteiger partial charge is 0.321 e. The average Bonchev–Trinajstić information content (AvgIpc) is 3.09. The highest BCUT2D eigenvalue weighted by molar-refractivity contribution is 7.87. The summed E-state index contributed by atoms with van der Waals surface area (Å²) >= 11 is 0. The topological polar surface area (TPSA) is 233 Å². The third-order valence-corrected chi connectivity index (χ3v) is 13.0. The van der Waals surface area contributed by atoms with Gasteiger partial charge in [0.15, 0.2) is 9.49 Å². The van der Waals surface area contributed by atoms with Gasteiger partial charge >= 0.3 is 0 Å². The van der Waals surface area contributed by atoms with E-state index in [2.05, 4.69) is 10.2 Å². The molecule has 4 aromatic carbocycles. The van der Waals surface area contributed by atoms with Crippen LogP contribution in [0.3, 0.4) is 0 Å². The third-order valence-electron chi connectivity index (χ3n) is 10.0. The summed E-state index contributed by atoms with van der Waals surface area (Å²) in [4.78, 5) is 0. The zero-order chi connectivity index (χ0) is 36.2. The summed E-state index contributed by atoms with van der Waals surface area (Å²) in [5, 5.41) is 7.04. The Morgan fingerprint density at radius 2 is 0.980 bits per heavy atom. The quantitative estimate of drug-likeness (QED) is 0.0866. The summed E-state index contributed by atoms with van der Waals surface area (Å²) < 4.78 is 71.8. The second-order valence-corrected chi connectivity index (χ2v) is 15.6. The van der Waals surface area contributed by atoms with Gasteiger partial charge in [0.1, 0.15) is 0 Å². The number of benzene rings is 4. The van der Waals surface area contributed by atoms with Crippen molar-refractivity contribution in [2.45, 2.75) is 48.3 Å². The molecule has 12 nitrogen and oxygen atoms in total. The Balaban J connectivity index is 1.57. The minimum Gasteiger partial charge on any atom is -0.321 e. The molecule has 50 heavy (non-hydrogen) atoms. The van der Waals surface area contributed by atoms with Gasteiger partial charge in [0, 0.05) is 0 Å². The van der Waals surface area contributed by atoms with Crippen LogP contribution in [-0.4, -0.2) is 38.0 Å². The van der Waals surface area contributed by atoms with Crippen LogP contribution in [0.5, 0.6) is 0 Å². The van der Waals surface area contributed by atoms with Crippen molar-refractivity contribution in [2.75, 3.05) is 0 Å². The molecule has 258 valence electrons. The first-order chi connectivity index (χ1) is 23.7. The molecule has 0 aromatic heterocycles. The normalized spacial score (nSPS) is 23.2. The van der Waals surface area contributed by atoms with Gasteiger partial charge < -0.3 is 11.5 Å². The van der Waals surface area contributed by atoms with E-state index in [-0.39, 0.29) is 33.6 Å². The predicted molar refractivity (Wildman–Crippen MR) is 190 cm³/mol. The highest BCUT2D eigenvalue weighted by atomic mass is 32.2. The minimum absolute atomic E-state index is 0.0119. The maximum absolute atomic E-state index is 13.6. The Labute approximate surface area is 290 Å². The number of aryl methyl sites for hydroxylation is 2. The molecule has 0 aliphatic heterocycles. The molecule has 2 aliphatic carbocycles. The molecular weight excluding hydrogens is 677 g/mol. The van der Waals surface area contributed by atoms with Gasteiger partial charge in [-0.3, -0.25) is 9.11 Å². The Hall–Kier alpha value is -4.70. The zero-order valence-corrected chi connectivity index (χ0v) is 28.8. The molecule has 0 amide bonds. The average molecular weight is 713 g/mol. The van der Waals surface area contributed by atoms with E-state index in [4.69, 9.17) is 22.5 Å². The van der Waals surface area contributed by atoms with Crippen LogP contribution in [0.1, 0.15) is 58.4 Å². The standard InChI is InChI=1S/C36H36N6O6S2/c1-3-21-17-23(13-15-29(21)35(49(43,44)45)27-11-7-5-9-25(27)19-31(41-39)33(35)37)24-14-16-30(22(4-2)18-24)36(50(46,47)48)28-12-8-6-10-26(28)20-32(42-40)34(36)38/h5-20,33-34,39-40H,3-4,37-38H2,1-2H3,(H,43,44,45)(H,46,47,48). The van der Waals surface area contributed by atoms with Crippen molar-refractivity contribution < 1.29 is 25.9 Å². The van der Waals surface area contributed by atoms with Crippen LogP contribution in [0.4, 0.5) is 0 Å². The maximum atomic E-state index is 13.6. The first-order valence-electron chi connectivity index (χ1n) is 15.8. The van der Waals surface area contributed by atoms with Gasteiger partial charge in [-0.05, 0) is 80.6 Å². The summed E-state index contributed by atoms with van der Waals surface area (Å²) in [5.74, 6) is 0. The van der Waals surface area contributed by atoms with E-state index < -0.39 is 41.8 Å². The summed E-state index contributed by atoms with van der Waals surface area (Å²) in [5.41, 5.74) is 33.0. The number of rotatable bonds is 9. The first kappa shape index (κ1) is 35.1. The highest BCUT2D eigenvalue weighted by Crippen LogP contribution is 2.51. The van der Waals surface area contributed by atoms with E-state index in [9.17, 15) is 25.9 Å². The van der Waals surface area contributed by atoms with Gasteiger partial charge in [-0.2, -0.15) is 27.1 Å². The predicted octanol–water partition coefficient (Wildman–Crippen LogP) is 6.17. The molecule has 14 heteroatoms. The fourth-order valence-corrected chi connectivity index (χ4v) is 10.5. The van der Waals surface area contributed by atoms with Crippen molar-refractivity contribution in [3.63, 3.8) is 0 Å². The van der Waals surface area contributed by atoms with Crippen LogP contribution in [0, 0.1) is 11.1 Å². The van der Waals surface area contributed by atoms with Gasteiger partial charge in [-0.1, -0.05) is 98.8 Å². The Kier molecular flexibility index (Phi) is 8.83. The van der Waals surface area contributed by atoms with Crippen LogP contribution < -0.4 is 11.5 Å². The summed E-state index contributed by atoms with van der Waals surface area (Å²) in [6.07, 6.45) is 3.76. The van der Waals surface area contributed by atoms with Gasteiger partial charge in [-0.15, -0.1) is 0 Å². The lowest BCUT2D eigenvalue weighted by molar-refractivity contribution is 0.422. The van der Waals surface area contributed by atoms with Gasteiger partial charge in [0.25, 0.3) is 20.2 Å². The molecule has 0 saturated carbocycles. The molecule has 0 fully saturated rings. The van der Waals surface area contributed by atoms with Crippen molar-refractivity contribution in [1.29, 1.82) is 11.1 Å². The zero-order valence-electron chi connectivity index (χ0n) is 27.2. The number of nitrogens with one attached hydrogen (secondary N) is 2. The number of nitrogens with zero attached hydrogens (tertiary/aromatic N) is 2. The lowest BCUT2D eigenvalue weighted by Gasteiger charge is -2.41. The number of nitrogens with two attached hydrogens (primary N) is 2. The second kappa shape index (κ2) is 12.6. The first-order valence-corrected chi connectivity index (χ1v) is 18.7. The molecule has 0 radical (unpaired) electrons. The van der Waals surface area contributed by atoms with E-state index in [0.717, 1.165) is 0 Å². The third kappa shape index (κ3) is 4.93. The van der Waals surface area contributed by atoms with E-state index >= 15 is 0 Å². The SMILES string of the molecule is CCc1cc(-c2ccc(C3(S(=O)(=O)O)c4ccccc4C=C(N=N)C3N)c(CC)c2)ccc1C1(S(=O)(=O)O)c2ccccc2C=C(N=N)C1N. The lowest BCUT2D eigenvalue weighted by Crippen LogP contribution is -2.54. The molecule has 0 saturated heterocycles. The molecule has 4 aromatic rings. The molecule has 4 unspecified atom stereocenters. The fourth-order valence-electron chi connectivity index (χ4n) is 7.73. The summed E-state index contributed by atoms with van der Waals surface area (Å²) in [6.45, 7) is 3.68. The highest BCUT2D eigenvalue weighted by Gasteiger charge is 2.57. The monoisotopic (exact) mass is 712 g/mol. The number of hydrogen-bond donors (Lipinski definition) is 6. The van der Waals surface area contributed by atoms with Crippen LogP contribution in [0.15, 0.2) is 107 Å². The van der Waals surface area contributed by atoms with Gasteiger partial charge in [0.2, 0.25) is 0 Å². The van der Waals surface area contributed by atoms with Crippen molar-refractivity contribution in [1.82, 2.24) is 0 Å². The lowest BCUT2D eigenvalue weighted by atomic mass is 9.74. The van der Waals surface area contributed by atoms with Crippen molar-refractivity contribution in [3.8, 4) is 11.1 Å². The Bertz CT molecular complexity index is 2190. The van der Waals surface area contributed by atoms with Crippen molar-refractivity contribution in [2.24, 2.45) is 21.7 Å². The minimum atomic E-state index is -4.97. The molecule has 2 aliphatic rings. The van der Waals surface area contributed by atoms with Crippen LogP contribution in [0.2, 0.25) is 0 Å². The van der Waals surface area contributed by atoms with E-state index in [1.165, 1.54) is 12.2 Å². The maximum Gasteiger partial charge on any atom is 0.281 e. The van der Waals surface area contributed by atoms with Crippen molar-refractivity contribution >= 4 is 32.4 Å². The second-order valence-electron chi connectivity index (χ2n) is 12.4. The Morgan fingerprint density at radius 1 is 0.620 bits per heavy atom. The molecule has 0 bridgehead atoms. The van der Waals surface area contributed by atoms with E-state index in [1.54, 1.807) is 84.9 Å². The van der Waals surface area contributed by atoms with E-state index in [1.807, 2.05) is 13.8 Å². The molecule has 8 N–H and O–H groups in total. The van der Waals surface area contributed by atoms with Gasteiger partial charge in [0.05, 0.1) is 23.5 Å². The molecule has 0 heterocycles. The number of fused-ring (bicyclic) bond motifs is 2. The molecule has 6 rings (SSSR count). The molecule has 4 atom stereocenters. The molecule has 0 spiro atoms. The smallest absolute Gasteiger partial charge is 0.281 e. The molecular formula is C36H36N6O6S2. The van der Waals surface area contributed by atoms with Crippen LogP contribution in [0.25, 0.3) is 23.3 Å². The van der Waals surface area contributed by atoms with Crippen LogP contribution >= 0.6 is 0 Å². The Morgan fingerprint density at radius 3 is 1.30 bits per heavy atom. The fraction of sp³-hybridized carbons (Fsp3) is 0.222. The van der Waals surface area contributed by atoms with Crippen LogP contribution in [-0.2, 0) is 42.6 Å². The van der Waals surface area contributed by atoms with Crippen molar-refractivity contribution in [3.05, 3.63) is 141 Å². The summed E-state index contributed by atoms with van der Waals surface area (Å²) in [7, 11) is -9.94. The number of hydrogen-bond acceptors (Lipinski definition) is 10.